The summed E-state index contributed by atoms with van der Waals surface area (Å²) in [5.74, 6) is -1.21. The van der Waals surface area contributed by atoms with Gasteiger partial charge >= 0.3 is 11.9 Å². The fourth-order valence-electron chi connectivity index (χ4n) is 2.46. The van der Waals surface area contributed by atoms with E-state index in [0.717, 1.165) is 11.1 Å². The molecular formula is C14H16O5. The van der Waals surface area contributed by atoms with Gasteiger partial charge in [-0.2, -0.15) is 0 Å². The zero-order valence-electron chi connectivity index (χ0n) is 11.0. The first kappa shape index (κ1) is 13.5. The highest BCUT2D eigenvalue weighted by Gasteiger charge is 2.52. The number of hydrogen-bond donors (Lipinski definition) is 0. The lowest BCUT2D eigenvalue weighted by molar-refractivity contribution is -0.167. The molecule has 0 N–H and O–H groups in total. The first-order valence-electron chi connectivity index (χ1n) is 6.33. The number of esters is 2. The summed E-state index contributed by atoms with van der Waals surface area (Å²) in [6, 6.07) is 0. The molecule has 0 spiro atoms. The maximum Gasteiger partial charge on any atom is 0.327 e. The van der Waals surface area contributed by atoms with Crippen molar-refractivity contribution in [3.05, 3.63) is 23.3 Å². The van der Waals surface area contributed by atoms with Crippen molar-refractivity contribution in [3.8, 4) is 0 Å². The van der Waals surface area contributed by atoms with E-state index in [4.69, 9.17) is 9.47 Å². The van der Waals surface area contributed by atoms with Crippen molar-refractivity contribution in [1.29, 1.82) is 0 Å². The van der Waals surface area contributed by atoms with Gasteiger partial charge in [-0.3, -0.25) is 14.4 Å². The van der Waals surface area contributed by atoms with Crippen molar-refractivity contribution in [3.63, 3.8) is 0 Å². The molecule has 0 fully saturated rings. The molecule has 0 aromatic carbocycles. The Bertz CT molecular complexity index is 480. The molecule has 0 heterocycles. The summed E-state index contributed by atoms with van der Waals surface area (Å²) < 4.78 is 9.98. The number of allylic oxidation sites excluding steroid dienone is 3. The number of rotatable bonds is 4. The summed E-state index contributed by atoms with van der Waals surface area (Å²) >= 11 is 0. The minimum Gasteiger partial charge on any atom is -0.465 e. The van der Waals surface area contributed by atoms with Crippen molar-refractivity contribution in [2.45, 2.75) is 26.7 Å². The monoisotopic (exact) mass is 264 g/mol. The lowest BCUT2D eigenvalue weighted by atomic mass is 9.86. The van der Waals surface area contributed by atoms with E-state index in [9.17, 15) is 14.4 Å². The van der Waals surface area contributed by atoms with Crippen LogP contribution in [-0.2, 0) is 23.9 Å². The van der Waals surface area contributed by atoms with E-state index in [-0.39, 0.29) is 31.8 Å². The van der Waals surface area contributed by atoms with E-state index in [1.807, 2.05) is 0 Å². The van der Waals surface area contributed by atoms with Crippen molar-refractivity contribution in [2.24, 2.45) is 5.41 Å². The SMILES string of the molecule is CCOC(=O)C1(C(=O)OCC)C=C2CC(=O)C=C2C1. The molecule has 19 heavy (non-hydrogen) atoms. The first-order chi connectivity index (χ1) is 9.03. The van der Waals surface area contributed by atoms with Crippen molar-refractivity contribution >= 4 is 17.7 Å². The Morgan fingerprint density at radius 2 is 1.74 bits per heavy atom. The molecule has 0 amide bonds. The molecule has 0 aromatic rings. The highest BCUT2D eigenvalue weighted by atomic mass is 16.6. The number of ether oxygens (including phenoxy) is 2. The standard InChI is InChI=1S/C14H16O5/c1-3-18-12(16)14(13(17)19-4-2)7-9-5-11(15)6-10(9)8-14/h5,8H,3-4,6-7H2,1-2H3. The van der Waals surface area contributed by atoms with Gasteiger partial charge in [0.05, 0.1) is 13.2 Å². The molecule has 0 atom stereocenters. The molecule has 2 aliphatic rings. The van der Waals surface area contributed by atoms with Crippen LogP contribution >= 0.6 is 0 Å². The van der Waals surface area contributed by atoms with Crippen molar-refractivity contribution in [2.75, 3.05) is 13.2 Å². The minimum atomic E-state index is -1.41. The van der Waals surface area contributed by atoms with E-state index in [2.05, 4.69) is 0 Å². The largest absolute Gasteiger partial charge is 0.465 e. The second-order valence-electron chi connectivity index (χ2n) is 4.57. The van der Waals surface area contributed by atoms with Gasteiger partial charge in [0.15, 0.2) is 11.2 Å². The van der Waals surface area contributed by atoms with Gasteiger partial charge in [0.25, 0.3) is 0 Å². The number of ketones is 1. The van der Waals surface area contributed by atoms with Crippen LogP contribution in [0.25, 0.3) is 0 Å². The van der Waals surface area contributed by atoms with Crippen LogP contribution in [0.4, 0.5) is 0 Å². The fraction of sp³-hybridized carbons (Fsp3) is 0.500. The summed E-state index contributed by atoms with van der Waals surface area (Å²) in [5.41, 5.74) is 0.0747. The number of carbonyl (C=O) groups is 3. The Kier molecular flexibility index (Phi) is 3.55. The van der Waals surface area contributed by atoms with Gasteiger partial charge in [0, 0.05) is 12.8 Å². The molecule has 0 unspecified atom stereocenters. The average molecular weight is 264 g/mol. The third-order valence-corrected chi connectivity index (χ3v) is 3.28. The summed E-state index contributed by atoms with van der Waals surface area (Å²) in [5, 5.41) is 0. The molecule has 5 heteroatoms. The predicted molar refractivity (Wildman–Crippen MR) is 66.1 cm³/mol. The van der Waals surface area contributed by atoms with Crippen LogP contribution in [0.15, 0.2) is 23.3 Å². The Hall–Kier alpha value is -1.91. The smallest absolute Gasteiger partial charge is 0.327 e. The Morgan fingerprint density at radius 3 is 2.21 bits per heavy atom. The van der Waals surface area contributed by atoms with E-state index in [0.29, 0.717) is 0 Å². The quantitative estimate of drug-likeness (QED) is 0.566. The van der Waals surface area contributed by atoms with Gasteiger partial charge in [-0.15, -0.1) is 0 Å². The predicted octanol–water partition coefficient (Wildman–Crippen LogP) is 1.33. The summed E-state index contributed by atoms with van der Waals surface area (Å²) in [7, 11) is 0. The molecule has 102 valence electrons. The first-order valence-corrected chi connectivity index (χ1v) is 6.33. The minimum absolute atomic E-state index is 0.00238. The molecule has 2 rings (SSSR count). The normalized spacial score (nSPS) is 19.6. The maximum atomic E-state index is 12.1. The van der Waals surface area contributed by atoms with Crippen LogP contribution in [0.3, 0.4) is 0 Å². The lowest BCUT2D eigenvalue weighted by Crippen LogP contribution is -2.39. The van der Waals surface area contributed by atoms with Gasteiger partial charge in [-0.25, -0.2) is 0 Å². The zero-order valence-corrected chi connectivity index (χ0v) is 11.0. The fourth-order valence-corrected chi connectivity index (χ4v) is 2.46. The average Bonchev–Trinajstić information content (AvgIpc) is 2.84. The maximum absolute atomic E-state index is 12.1. The molecule has 0 aromatic heterocycles. The highest BCUT2D eigenvalue weighted by Crippen LogP contribution is 2.45. The molecule has 0 saturated heterocycles. The number of carbonyl (C=O) groups excluding carboxylic acids is 3. The molecular weight excluding hydrogens is 248 g/mol. The second kappa shape index (κ2) is 4.99. The molecule has 2 aliphatic carbocycles. The molecule has 0 saturated carbocycles. The van der Waals surface area contributed by atoms with Crippen molar-refractivity contribution < 1.29 is 23.9 Å². The van der Waals surface area contributed by atoms with Crippen LogP contribution < -0.4 is 0 Å². The van der Waals surface area contributed by atoms with E-state index in [1.54, 1.807) is 19.9 Å². The van der Waals surface area contributed by atoms with Crippen LogP contribution in [0, 0.1) is 5.41 Å². The van der Waals surface area contributed by atoms with Crippen LogP contribution in [0.5, 0.6) is 0 Å². The van der Waals surface area contributed by atoms with Crippen LogP contribution in [-0.4, -0.2) is 30.9 Å². The van der Waals surface area contributed by atoms with E-state index < -0.39 is 17.4 Å². The van der Waals surface area contributed by atoms with Crippen LogP contribution in [0.2, 0.25) is 0 Å². The van der Waals surface area contributed by atoms with Crippen molar-refractivity contribution in [1.82, 2.24) is 0 Å². The van der Waals surface area contributed by atoms with Gasteiger partial charge in [-0.1, -0.05) is 6.08 Å². The van der Waals surface area contributed by atoms with Gasteiger partial charge in [-0.05, 0) is 31.1 Å². The van der Waals surface area contributed by atoms with E-state index in [1.165, 1.54) is 6.08 Å². The third kappa shape index (κ3) is 2.20. The van der Waals surface area contributed by atoms with Gasteiger partial charge < -0.3 is 9.47 Å². The zero-order chi connectivity index (χ0) is 14.0. The Labute approximate surface area is 111 Å². The highest BCUT2D eigenvalue weighted by molar-refractivity contribution is 6.07. The number of fused-ring (bicyclic) bond motifs is 1. The topological polar surface area (TPSA) is 69.7 Å². The van der Waals surface area contributed by atoms with Crippen LogP contribution in [0.1, 0.15) is 26.7 Å². The molecule has 5 nitrogen and oxygen atoms in total. The summed E-state index contributed by atoms with van der Waals surface area (Å²) in [6.07, 6.45) is 3.44. The number of hydrogen-bond acceptors (Lipinski definition) is 5. The second-order valence-corrected chi connectivity index (χ2v) is 4.57. The van der Waals surface area contributed by atoms with Gasteiger partial charge in [0.1, 0.15) is 0 Å². The third-order valence-electron chi connectivity index (χ3n) is 3.28. The van der Waals surface area contributed by atoms with Gasteiger partial charge in [0.2, 0.25) is 0 Å². The Balaban J connectivity index is 2.34. The molecule has 0 aliphatic heterocycles. The molecule has 0 bridgehead atoms. The Morgan fingerprint density at radius 1 is 1.16 bits per heavy atom. The summed E-state index contributed by atoms with van der Waals surface area (Å²) in [6.45, 7) is 3.76. The summed E-state index contributed by atoms with van der Waals surface area (Å²) in [4.78, 5) is 35.5. The van der Waals surface area contributed by atoms with E-state index >= 15 is 0 Å². The molecule has 0 radical (unpaired) electrons. The lowest BCUT2D eigenvalue weighted by Gasteiger charge is -2.22.